The summed E-state index contributed by atoms with van der Waals surface area (Å²) in [6.07, 6.45) is 5.75. The monoisotopic (exact) mass is 179 g/mol. The zero-order valence-corrected chi connectivity index (χ0v) is 8.46. The molecule has 0 atom stereocenters. The van der Waals surface area contributed by atoms with Gasteiger partial charge in [-0.1, -0.05) is 18.7 Å². The van der Waals surface area contributed by atoms with Gasteiger partial charge in [0.25, 0.3) is 0 Å². The molecule has 13 heavy (non-hydrogen) atoms. The Hall–Kier alpha value is -1.51. The van der Waals surface area contributed by atoms with E-state index in [1.807, 2.05) is 32.1 Å². The molecular weight excluding hydrogens is 162 g/mol. The molecular formula is C10H17N3. The number of guanidine groups is 1. The van der Waals surface area contributed by atoms with Crippen LogP contribution in [0.2, 0.25) is 0 Å². The smallest absolute Gasteiger partial charge is 0.192 e. The summed E-state index contributed by atoms with van der Waals surface area (Å²) in [5, 5.41) is 2.94. The molecule has 0 saturated carbocycles. The molecule has 0 bridgehead atoms. The first kappa shape index (κ1) is 11.5. The van der Waals surface area contributed by atoms with Gasteiger partial charge in [-0.15, -0.1) is 0 Å². The van der Waals surface area contributed by atoms with Crippen LogP contribution in [0.25, 0.3) is 0 Å². The van der Waals surface area contributed by atoms with E-state index in [-0.39, 0.29) is 0 Å². The van der Waals surface area contributed by atoms with Crippen LogP contribution in [-0.4, -0.2) is 13.0 Å². The third-order valence-electron chi connectivity index (χ3n) is 1.42. The lowest BCUT2D eigenvalue weighted by molar-refractivity contribution is 1.09. The summed E-state index contributed by atoms with van der Waals surface area (Å²) < 4.78 is 0. The SMILES string of the molecule is C=C(C)/C(=C\C=C/C)NC(N)=NC. The predicted octanol–water partition coefficient (Wildman–Crippen LogP) is 1.56. The summed E-state index contributed by atoms with van der Waals surface area (Å²) in [5.41, 5.74) is 7.31. The van der Waals surface area contributed by atoms with Crippen LogP contribution in [0.1, 0.15) is 13.8 Å². The fraction of sp³-hybridized carbons (Fsp3) is 0.300. The first-order chi connectivity index (χ1) is 6.11. The highest BCUT2D eigenvalue weighted by atomic mass is 15.1. The maximum Gasteiger partial charge on any atom is 0.192 e. The molecule has 0 spiro atoms. The molecule has 3 N–H and O–H groups in total. The third kappa shape index (κ3) is 4.85. The Labute approximate surface area is 79.7 Å². The molecule has 0 aliphatic rings. The Bertz CT molecular complexity index is 259. The van der Waals surface area contributed by atoms with Crippen LogP contribution < -0.4 is 11.1 Å². The van der Waals surface area contributed by atoms with Crippen molar-refractivity contribution in [2.45, 2.75) is 13.8 Å². The van der Waals surface area contributed by atoms with Crippen molar-refractivity contribution in [3.05, 3.63) is 36.1 Å². The molecule has 0 rings (SSSR count). The average molecular weight is 179 g/mol. The number of allylic oxidation sites excluding steroid dienone is 4. The number of rotatable bonds is 3. The zero-order chi connectivity index (χ0) is 10.3. The summed E-state index contributed by atoms with van der Waals surface area (Å²) in [4.78, 5) is 3.80. The lowest BCUT2D eigenvalue weighted by Gasteiger charge is -2.08. The van der Waals surface area contributed by atoms with Crippen LogP contribution in [0, 0.1) is 0 Å². The Kier molecular flexibility index (Phi) is 5.35. The van der Waals surface area contributed by atoms with Crippen molar-refractivity contribution in [1.82, 2.24) is 5.32 Å². The van der Waals surface area contributed by atoms with E-state index in [0.29, 0.717) is 5.96 Å². The minimum Gasteiger partial charge on any atom is -0.370 e. The average Bonchev–Trinajstić information content (AvgIpc) is 2.11. The Morgan fingerprint density at radius 3 is 2.54 bits per heavy atom. The van der Waals surface area contributed by atoms with Crippen molar-refractivity contribution >= 4 is 5.96 Å². The van der Waals surface area contributed by atoms with E-state index in [1.165, 1.54) is 0 Å². The fourth-order valence-corrected chi connectivity index (χ4v) is 0.677. The Morgan fingerprint density at radius 1 is 1.54 bits per heavy atom. The van der Waals surface area contributed by atoms with Crippen LogP contribution in [-0.2, 0) is 0 Å². The molecule has 0 aromatic heterocycles. The Morgan fingerprint density at radius 2 is 2.15 bits per heavy atom. The summed E-state index contributed by atoms with van der Waals surface area (Å²) >= 11 is 0. The number of aliphatic imine (C=N–C) groups is 1. The van der Waals surface area contributed by atoms with Gasteiger partial charge >= 0.3 is 0 Å². The number of nitrogens with one attached hydrogen (secondary N) is 1. The lowest BCUT2D eigenvalue weighted by atomic mass is 10.2. The number of nitrogens with two attached hydrogens (primary N) is 1. The van der Waals surface area contributed by atoms with Crippen molar-refractivity contribution in [3.8, 4) is 0 Å². The fourth-order valence-electron chi connectivity index (χ4n) is 0.677. The van der Waals surface area contributed by atoms with Crippen LogP contribution in [0.5, 0.6) is 0 Å². The maximum atomic E-state index is 5.52. The zero-order valence-electron chi connectivity index (χ0n) is 8.46. The molecule has 0 heterocycles. The van der Waals surface area contributed by atoms with Crippen molar-refractivity contribution in [3.63, 3.8) is 0 Å². The van der Waals surface area contributed by atoms with Crippen LogP contribution in [0.4, 0.5) is 0 Å². The second kappa shape index (κ2) is 6.06. The van der Waals surface area contributed by atoms with Gasteiger partial charge in [-0.2, -0.15) is 0 Å². The molecule has 0 saturated heterocycles. The number of hydrogen-bond acceptors (Lipinski definition) is 1. The van der Waals surface area contributed by atoms with Gasteiger partial charge in [0, 0.05) is 12.7 Å². The van der Waals surface area contributed by atoms with Crippen LogP contribution in [0.3, 0.4) is 0 Å². The maximum absolute atomic E-state index is 5.52. The molecule has 72 valence electrons. The lowest BCUT2D eigenvalue weighted by Crippen LogP contribution is -2.30. The molecule has 0 radical (unpaired) electrons. The normalized spacial score (nSPS) is 13.5. The van der Waals surface area contributed by atoms with E-state index in [9.17, 15) is 0 Å². The van der Waals surface area contributed by atoms with Gasteiger partial charge in [0.2, 0.25) is 0 Å². The molecule has 0 unspecified atom stereocenters. The van der Waals surface area contributed by atoms with Crippen LogP contribution >= 0.6 is 0 Å². The standard InChI is InChI=1S/C10H17N3/c1-5-6-7-9(8(2)3)13-10(11)12-4/h5-7H,2H2,1,3-4H3,(H3,11,12,13)/b6-5-,9-7+. The molecule has 0 aromatic carbocycles. The number of hydrogen-bond donors (Lipinski definition) is 2. The van der Waals surface area contributed by atoms with Gasteiger partial charge in [-0.3, -0.25) is 4.99 Å². The minimum atomic E-state index is 0.388. The van der Waals surface area contributed by atoms with Crippen molar-refractivity contribution < 1.29 is 0 Å². The van der Waals surface area contributed by atoms with E-state index in [0.717, 1.165) is 11.3 Å². The molecule has 0 fully saturated rings. The quantitative estimate of drug-likeness (QED) is 0.392. The van der Waals surface area contributed by atoms with Gasteiger partial charge in [0.05, 0.1) is 0 Å². The van der Waals surface area contributed by atoms with Gasteiger partial charge in [-0.25, -0.2) is 0 Å². The molecule has 3 nitrogen and oxygen atoms in total. The topological polar surface area (TPSA) is 50.4 Å². The first-order valence-corrected chi connectivity index (χ1v) is 4.10. The summed E-state index contributed by atoms with van der Waals surface area (Å²) in [6.45, 7) is 7.68. The van der Waals surface area contributed by atoms with Crippen molar-refractivity contribution in [2.75, 3.05) is 7.05 Å². The second-order valence-electron chi connectivity index (χ2n) is 2.62. The highest BCUT2D eigenvalue weighted by molar-refractivity contribution is 5.80. The molecule has 0 aliphatic heterocycles. The summed E-state index contributed by atoms with van der Waals surface area (Å²) in [6, 6.07) is 0. The highest BCUT2D eigenvalue weighted by Gasteiger charge is 1.96. The van der Waals surface area contributed by atoms with Gasteiger partial charge in [0.15, 0.2) is 5.96 Å². The summed E-state index contributed by atoms with van der Waals surface area (Å²) in [7, 11) is 1.63. The number of nitrogens with zero attached hydrogens (tertiary/aromatic N) is 1. The molecule has 0 amide bonds. The van der Waals surface area contributed by atoms with Crippen LogP contribution in [0.15, 0.2) is 41.1 Å². The predicted molar refractivity (Wildman–Crippen MR) is 58.4 cm³/mol. The largest absolute Gasteiger partial charge is 0.370 e. The van der Waals surface area contributed by atoms with E-state index in [2.05, 4.69) is 16.9 Å². The van der Waals surface area contributed by atoms with E-state index in [1.54, 1.807) is 7.05 Å². The van der Waals surface area contributed by atoms with Gasteiger partial charge in [0.1, 0.15) is 0 Å². The second-order valence-corrected chi connectivity index (χ2v) is 2.62. The van der Waals surface area contributed by atoms with Gasteiger partial charge < -0.3 is 11.1 Å². The molecule has 3 heteroatoms. The van der Waals surface area contributed by atoms with Gasteiger partial charge in [-0.05, 0) is 25.5 Å². The highest BCUT2D eigenvalue weighted by Crippen LogP contribution is 2.02. The van der Waals surface area contributed by atoms with Crippen molar-refractivity contribution in [1.29, 1.82) is 0 Å². The van der Waals surface area contributed by atoms with E-state index >= 15 is 0 Å². The van der Waals surface area contributed by atoms with Crippen molar-refractivity contribution in [2.24, 2.45) is 10.7 Å². The third-order valence-corrected chi connectivity index (χ3v) is 1.42. The van der Waals surface area contributed by atoms with E-state index in [4.69, 9.17) is 5.73 Å². The summed E-state index contributed by atoms with van der Waals surface area (Å²) in [5.74, 6) is 0.388. The minimum absolute atomic E-state index is 0.388. The molecule has 0 aromatic rings. The first-order valence-electron chi connectivity index (χ1n) is 4.10. The molecule has 0 aliphatic carbocycles. The Balaban J connectivity index is 4.54. The van der Waals surface area contributed by atoms with E-state index < -0.39 is 0 Å².